The number of carbonyl (C=O) groups excluding carboxylic acids is 1. The molecule has 6 nitrogen and oxygen atoms in total. The van der Waals surface area contributed by atoms with Gasteiger partial charge in [0.05, 0.1) is 0 Å². The lowest BCUT2D eigenvalue weighted by atomic mass is 9.74. The van der Waals surface area contributed by atoms with E-state index in [1.54, 1.807) is 13.1 Å². The molecule has 1 aliphatic carbocycles. The van der Waals surface area contributed by atoms with Crippen LogP contribution in [0.15, 0.2) is 24.3 Å². The highest BCUT2D eigenvalue weighted by molar-refractivity contribution is 7.39. The zero-order valence-corrected chi connectivity index (χ0v) is 14.6. The van der Waals surface area contributed by atoms with Crippen LogP contribution in [0.3, 0.4) is 0 Å². The zero-order chi connectivity index (χ0) is 16.9. The average Bonchev–Trinajstić information content (AvgIpc) is 2.52. The van der Waals surface area contributed by atoms with Gasteiger partial charge >= 0.3 is 8.60 Å². The van der Waals surface area contributed by atoms with Gasteiger partial charge in [-0.1, -0.05) is 36.2 Å². The molecule has 1 aromatic carbocycles. The SMILES string of the molecule is CN(COCOP(O)O)C1(c2ccccc2Cl)CCCCC1=O. The van der Waals surface area contributed by atoms with Gasteiger partial charge in [0.25, 0.3) is 0 Å². The monoisotopic (exact) mass is 361 g/mol. The fourth-order valence-electron chi connectivity index (χ4n) is 3.07. The number of ketones is 1. The molecule has 2 rings (SSSR count). The Hall–Kier alpha value is -0.590. The van der Waals surface area contributed by atoms with Crippen molar-refractivity contribution >= 4 is 26.0 Å². The summed E-state index contributed by atoms with van der Waals surface area (Å²) in [5.41, 5.74) is -0.0373. The normalized spacial score (nSPS) is 22.1. The Kier molecular flexibility index (Phi) is 6.92. The van der Waals surface area contributed by atoms with E-state index in [0.29, 0.717) is 17.9 Å². The van der Waals surface area contributed by atoms with Crippen LogP contribution in [-0.2, 0) is 19.6 Å². The van der Waals surface area contributed by atoms with Crippen LogP contribution >= 0.6 is 20.2 Å². The van der Waals surface area contributed by atoms with Gasteiger partial charge in [-0.3, -0.25) is 14.2 Å². The number of Topliss-reactive ketones (excluding diaryl/α,β-unsaturated/α-hetero) is 1. The topological polar surface area (TPSA) is 79.2 Å². The fraction of sp³-hybridized carbons (Fsp3) is 0.533. The average molecular weight is 362 g/mol. The molecular weight excluding hydrogens is 341 g/mol. The first-order valence-corrected chi connectivity index (χ1v) is 8.91. The standard InChI is InChI=1S/C15H21ClNO5P/c1-17(10-21-11-22-23(19)20)15(9-5-4-8-14(15)18)12-6-2-3-7-13(12)16/h2-3,6-7,19-20H,4-5,8-11H2,1H3. The van der Waals surface area contributed by atoms with E-state index in [4.69, 9.17) is 26.1 Å². The third kappa shape index (κ3) is 4.28. The molecule has 0 heterocycles. The van der Waals surface area contributed by atoms with Crippen LogP contribution in [0.25, 0.3) is 0 Å². The third-order valence-electron chi connectivity index (χ3n) is 4.16. The van der Waals surface area contributed by atoms with Crippen LogP contribution in [-0.4, -0.2) is 41.0 Å². The molecule has 0 aromatic heterocycles. The molecule has 0 bridgehead atoms. The lowest BCUT2D eigenvalue weighted by Gasteiger charge is -2.43. The van der Waals surface area contributed by atoms with Gasteiger partial charge in [-0.25, -0.2) is 0 Å². The Morgan fingerprint density at radius 2 is 2.09 bits per heavy atom. The molecule has 1 aromatic rings. The Balaban J connectivity index is 2.21. The van der Waals surface area contributed by atoms with Crippen molar-refractivity contribution in [3.05, 3.63) is 34.9 Å². The molecule has 1 saturated carbocycles. The number of nitrogens with zero attached hydrogens (tertiary/aromatic N) is 1. The van der Waals surface area contributed by atoms with Crippen LogP contribution in [0.4, 0.5) is 0 Å². The van der Waals surface area contributed by atoms with Gasteiger partial charge in [0.1, 0.15) is 12.3 Å². The van der Waals surface area contributed by atoms with Crippen molar-refractivity contribution in [2.24, 2.45) is 0 Å². The van der Waals surface area contributed by atoms with E-state index in [9.17, 15) is 4.79 Å². The van der Waals surface area contributed by atoms with Crippen molar-refractivity contribution in [2.75, 3.05) is 20.6 Å². The van der Waals surface area contributed by atoms with Crippen LogP contribution < -0.4 is 0 Å². The van der Waals surface area contributed by atoms with E-state index < -0.39 is 14.1 Å². The molecule has 1 unspecified atom stereocenters. The number of ether oxygens (including phenoxy) is 1. The first-order valence-electron chi connectivity index (χ1n) is 7.36. The summed E-state index contributed by atoms with van der Waals surface area (Å²) in [6.45, 7) is -0.143. The molecule has 0 aliphatic heterocycles. The molecule has 0 radical (unpaired) electrons. The molecule has 2 N–H and O–H groups in total. The summed E-state index contributed by atoms with van der Waals surface area (Å²) < 4.78 is 9.88. The second-order valence-electron chi connectivity index (χ2n) is 5.50. The number of carbonyl (C=O) groups is 1. The molecule has 23 heavy (non-hydrogen) atoms. The molecule has 0 saturated heterocycles. The van der Waals surface area contributed by atoms with Gasteiger partial charge in [-0.15, -0.1) is 0 Å². The van der Waals surface area contributed by atoms with Crippen molar-refractivity contribution in [1.29, 1.82) is 0 Å². The van der Waals surface area contributed by atoms with Crippen molar-refractivity contribution in [2.45, 2.75) is 31.2 Å². The first-order chi connectivity index (χ1) is 11.0. The van der Waals surface area contributed by atoms with E-state index in [2.05, 4.69) is 4.52 Å². The molecular formula is C15H21ClNO5P. The number of rotatable bonds is 7. The number of halogens is 1. The van der Waals surface area contributed by atoms with Crippen LogP contribution in [0.5, 0.6) is 0 Å². The highest BCUT2D eigenvalue weighted by Gasteiger charge is 2.45. The minimum absolute atomic E-state index is 0.111. The zero-order valence-electron chi connectivity index (χ0n) is 12.9. The second-order valence-corrected chi connectivity index (χ2v) is 6.67. The number of benzene rings is 1. The van der Waals surface area contributed by atoms with Gasteiger partial charge in [0.2, 0.25) is 0 Å². The smallest absolute Gasteiger partial charge is 0.329 e. The summed E-state index contributed by atoms with van der Waals surface area (Å²) in [5.74, 6) is 0.121. The molecule has 0 spiro atoms. The summed E-state index contributed by atoms with van der Waals surface area (Å²) in [7, 11) is -0.649. The lowest BCUT2D eigenvalue weighted by Crippen LogP contribution is -2.52. The Morgan fingerprint density at radius 3 is 2.74 bits per heavy atom. The van der Waals surface area contributed by atoms with Crippen LogP contribution in [0.1, 0.15) is 31.2 Å². The van der Waals surface area contributed by atoms with E-state index in [1.165, 1.54) is 0 Å². The molecule has 0 amide bonds. The highest BCUT2D eigenvalue weighted by atomic mass is 35.5. The molecule has 128 valence electrons. The summed E-state index contributed by atoms with van der Waals surface area (Å²) in [6, 6.07) is 7.36. The Labute approximate surface area is 142 Å². The Morgan fingerprint density at radius 1 is 1.35 bits per heavy atom. The Bertz CT molecular complexity index is 544. The van der Waals surface area contributed by atoms with E-state index in [1.807, 2.05) is 23.1 Å². The summed E-state index contributed by atoms with van der Waals surface area (Å²) in [6.07, 6.45) is 2.98. The van der Waals surface area contributed by atoms with Crippen molar-refractivity contribution in [3.8, 4) is 0 Å². The molecule has 1 fully saturated rings. The quantitative estimate of drug-likeness (QED) is 0.441. The molecule has 8 heteroatoms. The maximum Gasteiger partial charge on any atom is 0.329 e. The highest BCUT2D eigenvalue weighted by Crippen LogP contribution is 2.42. The molecule has 1 aliphatic rings. The number of hydrogen-bond donors (Lipinski definition) is 2. The number of hydrogen-bond acceptors (Lipinski definition) is 6. The molecule has 1 atom stereocenters. The van der Waals surface area contributed by atoms with Gasteiger partial charge < -0.3 is 14.5 Å². The van der Waals surface area contributed by atoms with Crippen molar-refractivity contribution < 1.29 is 23.8 Å². The maximum atomic E-state index is 12.8. The predicted octanol–water partition coefficient (Wildman–Crippen LogP) is 2.77. The minimum atomic E-state index is -2.45. The summed E-state index contributed by atoms with van der Waals surface area (Å²) >= 11 is 6.35. The van der Waals surface area contributed by atoms with Gasteiger partial charge in [0.15, 0.2) is 12.6 Å². The van der Waals surface area contributed by atoms with E-state index >= 15 is 0 Å². The third-order valence-corrected chi connectivity index (χ3v) is 4.83. The van der Waals surface area contributed by atoms with Gasteiger partial charge in [0, 0.05) is 11.4 Å². The van der Waals surface area contributed by atoms with Gasteiger partial charge in [-0.05, 0) is 31.5 Å². The largest absolute Gasteiger partial charge is 0.340 e. The van der Waals surface area contributed by atoms with Crippen LogP contribution in [0, 0.1) is 0 Å². The summed E-state index contributed by atoms with van der Waals surface area (Å²) in [4.78, 5) is 32.0. The van der Waals surface area contributed by atoms with Gasteiger partial charge in [-0.2, -0.15) is 0 Å². The predicted molar refractivity (Wildman–Crippen MR) is 87.6 cm³/mol. The fourth-order valence-corrected chi connectivity index (χ4v) is 3.53. The van der Waals surface area contributed by atoms with Crippen molar-refractivity contribution in [1.82, 2.24) is 4.90 Å². The van der Waals surface area contributed by atoms with E-state index in [0.717, 1.165) is 18.4 Å². The number of likely N-dealkylation sites (N-methyl/N-ethyl adjacent to an activating group) is 1. The summed E-state index contributed by atoms with van der Waals surface area (Å²) in [5, 5.41) is 0.556. The minimum Gasteiger partial charge on any atom is -0.340 e. The lowest BCUT2D eigenvalue weighted by molar-refractivity contribution is -0.142. The van der Waals surface area contributed by atoms with Crippen molar-refractivity contribution in [3.63, 3.8) is 0 Å². The maximum absolute atomic E-state index is 12.8. The van der Waals surface area contributed by atoms with E-state index in [-0.39, 0.29) is 19.3 Å². The second kappa shape index (κ2) is 8.49. The van der Waals surface area contributed by atoms with Crippen LogP contribution in [0.2, 0.25) is 5.02 Å². The first kappa shape index (κ1) is 18.7.